The molecule has 4 rings (SSSR count). The average molecular weight is 450 g/mol. The molecule has 33 heavy (non-hydrogen) atoms. The molecule has 1 atom stereocenters. The van der Waals surface area contributed by atoms with Gasteiger partial charge in [-0.3, -0.25) is 14.3 Å². The summed E-state index contributed by atoms with van der Waals surface area (Å²) >= 11 is 0. The van der Waals surface area contributed by atoms with Gasteiger partial charge in [-0.15, -0.1) is 0 Å². The summed E-state index contributed by atoms with van der Waals surface area (Å²) in [4.78, 5) is 50.7. The molecule has 0 radical (unpaired) electrons. The Labute approximate surface area is 188 Å². The molecule has 0 aliphatic carbocycles. The summed E-state index contributed by atoms with van der Waals surface area (Å²) in [5.41, 5.74) is -1.55. The van der Waals surface area contributed by atoms with Crippen LogP contribution in [0.5, 0.6) is 0 Å². The second-order valence-electron chi connectivity index (χ2n) is 7.70. The van der Waals surface area contributed by atoms with Crippen LogP contribution in [0.3, 0.4) is 0 Å². The van der Waals surface area contributed by atoms with Gasteiger partial charge in [0.15, 0.2) is 0 Å². The van der Waals surface area contributed by atoms with E-state index in [-0.39, 0.29) is 13.2 Å². The molecule has 0 spiro atoms. The van der Waals surface area contributed by atoms with Crippen molar-refractivity contribution in [2.24, 2.45) is 0 Å². The first-order valence-electron chi connectivity index (χ1n) is 10.4. The predicted molar refractivity (Wildman–Crippen MR) is 117 cm³/mol. The number of hydrogen-bond donors (Lipinski definition) is 1. The highest BCUT2D eigenvalue weighted by Gasteiger charge is 2.44. The molecule has 9 heteroatoms. The Morgan fingerprint density at radius 3 is 1.97 bits per heavy atom. The molecule has 1 unspecified atom stereocenters. The van der Waals surface area contributed by atoms with Gasteiger partial charge in [-0.1, -0.05) is 36.4 Å². The van der Waals surface area contributed by atoms with Gasteiger partial charge in [-0.05, 0) is 37.1 Å². The van der Waals surface area contributed by atoms with E-state index >= 15 is 0 Å². The molecule has 1 N–H and O–H groups in total. The largest absolute Gasteiger partial charge is 0.459 e. The topological polar surface area (TPSA) is 117 Å². The maximum atomic E-state index is 12.5. The number of esters is 2. The lowest BCUT2D eigenvalue weighted by Gasteiger charge is -2.28. The predicted octanol–water partition coefficient (Wildman–Crippen LogP) is 2.30. The maximum Gasteiger partial charge on any atom is 0.338 e. The van der Waals surface area contributed by atoms with Crippen LogP contribution in [0.15, 0.2) is 82.5 Å². The smallest absolute Gasteiger partial charge is 0.338 e. The van der Waals surface area contributed by atoms with E-state index in [4.69, 9.17) is 14.2 Å². The van der Waals surface area contributed by atoms with E-state index in [9.17, 15) is 19.2 Å². The lowest BCUT2D eigenvalue weighted by molar-refractivity contribution is -0.127. The van der Waals surface area contributed by atoms with Crippen LogP contribution in [0.2, 0.25) is 0 Å². The fourth-order valence-electron chi connectivity index (χ4n) is 3.61. The van der Waals surface area contributed by atoms with Gasteiger partial charge in [0.25, 0.3) is 5.56 Å². The van der Waals surface area contributed by atoms with Crippen molar-refractivity contribution < 1.29 is 23.8 Å². The molecule has 0 amide bonds. The Bertz CT molecular complexity index is 1180. The molecule has 2 aromatic carbocycles. The zero-order valence-corrected chi connectivity index (χ0v) is 17.6. The van der Waals surface area contributed by atoms with E-state index in [1.54, 1.807) is 60.7 Å². The van der Waals surface area contributed by atoms with Crippen molar-refractivity contribution in [2.75, 3.05) is 13.2 Å². The quantitative estimate of drug-likeness (QED) is 0.549. The van der Waals surface area contributed by atoms with E-state index in [1.807, 2.05) is 0 Å². The number of carbonyl (C=O) groups excluding carboxylic acids is 2. The number of benzene rings is 2. The van der Waals surface area contributed by atoms with E-state index in [2.05, 4.69) is 4.98 Å². The zero-order chi connectivity index (χ0) is 23.3. The molecule has 1 fully saturated rings. The van der Waals surface area contributed by atoms with Crippen molar-refractivity contribution >= 4 is 11.9 Å². The van der Waals surface area contributed by atoms with Crippen LogP contribution >= 0.6 is 0 Å². The van der Waals surface area contributed by atoms with E-state index in [1.165, 1.54) is 16.8 Å². The van der Waals surface area contributed by atoms with Crippen molar-refractivity contribution in [2.45, 2.75) is 24.7 Å². The second kappa shape index (κ2) is 9.66. The standard InChI is InChI=1S/C24H22N2O7/c27-19-12-14-26(23(30)25-19)20-11-13-24(33-20,15-31-21(28)17-7-3-1-4-8-17)16-32-22(29)18-9-5-2-6-10-18/h1-10,12,14,20H,11,13,15-16H2,(H,25,27,30). The molecule has 1 aliphatic heterocycles. The number of nitrogens with zero attached hydrogens (tertiary/aromatic N) is 1. The minimum absolute atomic E-state index is 0.183. The lowest BCUT2D eigenvalue weighted by atomic mass is 10.0. The number of nitrogens with one attached hydrogen (secondary N) is 1. The third-order valence-electron chi connectivity index (χ3n) is 5.35. The number of aromatic nitrogens is 2. The molecular formula is C24H22N2O7. The summed E-state index contributed by atoms with van der Waals surface area (Å²) in [5.74, 6) is -1.09. The van der Waals surface area contributed by atoms with Crippen molar-refractivity contribution in [3.05, 3.63) is 105 Å². The van der Waals surface area contributed by atoms with Crippen LogP contribution in [0.1, 0.15) is 39.8 Å². The van der Waals surface area contributed by atoms with Gasteiger partial charge < -0.3 is 14.2 Å². The monoisotopic (exact) mass is 450 g/mol. The Morgan fingerprint density at radius 2 is 1.45 bits per heavy atom. The van der Waals surface area contributed by atoms with Gasteiger partial charge in [-0.25, -0.2) is 14.4 Å². The zero-order valence-electron chi connectivity index (χ0n) is 17.6. The van der Waals surface area contributed by atoms with Crippen molar-refractivity contribution in [3.63, 3.8) is 0 Å². The van der Waals surface area contributed by atoms with Gasteiger partial charge in [0.05, 0.1) is 11.1 Å². The molecule has 1 aromatic heterocycles. The van der Waals surface area contributed by atoms with Gasteiger partial charge in [0.2, 0.25) is 0 Å². The van der Waals surface area contributed by atoms with Crippen molar-refractivity contribution in [3.8, 4) is 0 Å². The van der Waals surface area contributed by atoms with Crippen LogP contribution < -0.4 is 11.2 Å². The van der Waals surface area contributed by atoms with E-state index in [0.717, 1.165) is 0 Å². The highest BCUT2D eigenvalue weighted by Crippen LogP contribution is 2.36. The third-order valence-corrected chi connectivity index (χ3v) is 5.35. The molecule has 170 valence electrons. The Hall–Kier alpha value is -3.98. The SMILES string of the molecule is O=C(OCC1(COC(=O)c2ccccc2)CCC(n2ccc(=O)[nH]c2=O)O1)c1ccccc1. The summed E-state index contributed by atoms with van der Waals surface area (Å²) < 4.78 is 18.3. The number of hydrogen-bond acceptors (Lipinski definition) is 7. The number of ether oxygens (including phenoxy) is 3. The Kier molecular flexibility index (Phi) is 6.50. The summed E-state index contributed by atoms with van der Waals surface area (Å²) in [5, 5.41) is 0. The van der Waals surface area contributed by atoms with Crippen LogP contribution in [0, 0.1) is 0 Å². The molecule has 1 aliphatic rings. The van der Waals surface area contributed by atoms with Crippen LogP contribution in [-0.2, 0) is 14.2 Å². The minimum Gasteiger partial charge on any atom is -0.459 e. The summed E-state index contributed by atoms with van der Waals surface area (Å²) in [7, 11) is 0. The molecule has 0 saturated carbocycles. The van der Waals surface area contributed by atoms with Gasteiger partial charge in [0, 0.05) is 12.3 Å². The number of H-pyrrole nitrogens is 1. The maximum absolute atomic E-state index is 12.5. The number of carbonyl (C=O) groups is 2. The Balaban J connectivity index is 1.51. The minimum atomic E-state index is -1.16. The molecule has 1 saturated heterocycles. The van der Waals surface area contributed by atoms with Crippen LogP contribution in [0.25, 0.3) is 0 Å². The van der Waals surface area contributed by atoms with Crippen LogP contribution in [0.4, 0.5) is 0 Å². The number of rotatable bonds is 7. The summed E-state index contributed by atoms with van der Waals surface area (Å²) in [6.45, 7) is -0.366. The van der Waals surface area contributed by atoms with Gasteiger partial charge >= 0.3 is 17.6 Å². The Morgan fingerprint density at radius 1 is 0.909 bits per heavy atom. The first-order chi connectivity index (χ1) is 16.0. The van der Waals surface area contributed by atoms with Gasteiger partial charge in [0.1, 0.15) is 25.0 Å². The molecule has 0 bridgehead atoms. The first kappa shape index (κ1) is 22.2. The highest BCUT2D eigenvalue weighted by atomic mass is 16.6. The number of aromatic amines is 1. The molecular weight excluding hydrogens is 428 g/mol. The van der Waals surface area contributed by atoms with Gasteiger partial charge in [-0.2, -0.15) is 0 Å². The second-order valence-corrected chi connectivity index (χ2v) is 7.70. The van der Waals surface area contributed by atoms with Crippen molar-refractivity contribution in [1.82, 2.24) is 9.55 Å². The third kappa shape index (κ3) is 5.27. The first-order valence-corrected chi connectivity index (χ1v) is 10.4. The summed E-state index contributed by atoms with van der Waals surface area (Å²) in [6, 6.07) is 18.2. The van der Waals surface area contributed by atoms with E-state index in [0.29, 0.717) is 24.0 Å². The molecule has 9 nitrogen and oxygen atoms in total. The highest BCUT2D eigenvalue weighted by molar-refractivity contribution is 5.89. The molecule has 3 aromatic rings. The normalized spacial score (nSPS) is 16.8. The van der Waals surface area contributed by atoms with Crippen molar-refractivity contribution in [1.29, 1.82) is 0 Å². The summed E-state index contributed by atoms with van der Waals surface area (Å²) in [6.07, 6.45) is 1.36. The van der Waals surface area contributed by atoms with E-state index < -0.39 is 35.0 Å². The molecule has 2 heterocycles. The van der Waals surface area contributed by atoms with Crippen LogP contribution in [-0.4, -0.2) is 40.3 Å². The lowest BCUT2D eigenvalue weighted by Crippen LogP contribution is -2.42. The fraction of sp³-hybridized carbons (Fsp3) is 0.250. The fourth-order valence-corrected chi connectivity index (χ4v) is 3.61. The average Bonchev–Trinajstić information content (AvgIpc) is 3.26.